The molecule has 0 amide bonds. The minimum absolute atomic E-state index is 0.875. The topological polar surface area (TPSA) is 33.1 Å². The van der Waals surface area contributed by atoms with E-state index >= 15 is 0 Å². The molecule has 0 aliphatic rings. The second kappa shape index (κ2) is 8.17. The molecule has 0 aliphatic carbocycles. The molecule has 0 saturated carbocycles. The van der Waals surface area contributed by atoms with E-state index in [0.29, 0.717) is 0 Å². The van der Waals surface area contributed by atoms with Crippen LogP contribution in [-0.2, 0) is 13.0 Å². The smallest absolute Gasteiger partial charge is 0.190 e. The minimum atomic E-state index is 0.875. The van der Waals surface area contributed by atoms with Gasteiger partial charge in [-0.2, -0.15) is 0 Å². The highest BCUT2D eigenvalue weighted by atomic mass is 32.1. The molecular weight excluding hydrogens is 386 g/mol. The van der Waals surface area contributed by atoms with Gasteiger partial charge < -0.3 is 9.55 Å². The summed E-state index contributed by atoms with van der Waals surface area (Å²) in [6.45, 7) is 2.98. The van der Waals surface area contributed by atoms with Crippen LogP contribution in [-0.4, -0.2) is 9.55 Å². The van der Waals surface area contributed by atoms with Crippen LogP contribution in [0.25, 0.3) is 22.2 Å². The first kappa shape index (κ1) is 18.6. The molecule has 0 unspecified atom stereocenters. The number of aromatic nitrogens is 2. The van der Waals surface area contributed by atoms with Crippen molar-refractivity contribution in [2.24, 2.45) is 4.99 Å². The summed E-state index contributed by atoms with van der Waals surface area (Å²) in [5.74, 6) is 0. The molecule has 0 fully saturated rings. The van der Waals surface area contributed by atoms with E-state index in [1.54, 1.807) is 11.3 Å². The summed E-state index contributed by atoms with van der Waals surface area (Å²) in [6.07, 6.45) is 3.08. The molecule has 0 aliphatic heterocycles. The molecule has 0 bridgehead atoms. The zero-order valence-corrected chi connectivity index (χ0v) is 17.7. The van der Waals surface area contributed by atoms with Crippen molar-refractivity contribution in [2.75, 3.05) is 0 Å². The molecule has 4 heteroatoms. The monoisotopic (exact) mass is 409 g/mol. The Morgan fingerprint density at radius 3 is 2.50 bits per heavy atom. The Balaban J connectivity index is 1.55. The average Bonchev–Trinajstić information content (AvgIpc) is 3.38. The van der Waals surface area contributed by atoms with Crippen molar-refractivity contribution >= 4 is 27.9 Å². The van der Waals surface area contributed by atoms with Gasteiger partial charge in [-0.25, -0.2) is 4.99 Å². The Kier molecular flexibility index (Phi) is 5.08. The highest BCUT2D eigenvalue weighted by Crippen LogP contribution is 2.23. The van der Waals surface area contributed by atoms with Gasteiger partial charge in [-0.05, 0) is 42.7 Å². The van der Waals surface area contributed by atoms with Gasteiger partial charge in [0.15, 0.2) is 4.80 Å². The maximum Gasteiger partial charge on any atom is 0.190 e. The van der Waals surface area contributed by atoms with Gasteiger partial charge in [-0.1, -0.05) is 66.2 Å². The first-order chi connectivity index (χ1) is 14.8. The Labute approximate surface area is 180 Å². The lowest BCUT2D eigenvalue weighted by Crippen LogP contribution is -2.17. The summed E-state index contributed by atoms with van der Waals surface area (Å²) in [6, 6.07) is 27.5. The van der Waals surface area contributed by atoms with Crippen LogP contribution in [0.1, 0.15) is 11.1 Å². The number of rotatable bonds is 5. The quantitative estimate of drug-likeness (QED) is 0.345. The zero-order valence-electron chi connectivity index (χ0n) is 16.9. The number of thiazole rings is 1. The summed E-state index contributed by atoms with van der Waals surface area (Å²) >= 11 is 1.70. The van der Waals surface area contributed by atoms with Gasteiger partial charge in [-0.15, -0.1) is 11.3 Å². The maximum absolute atomic E-state index is 4.96. The van der Waals surface area contributed by atoms with E-state index in [9.17, 15) is 0 Å². The van der Waals surface area contributed by atoms with Crippen LogP contribution < -0.4 is 4.80 Å². The lowest BCUT2D eigenvalue weighted by Gasteiger charge is -2.09. The molecule has 2 aromatic heterocycles. The fourth-order valence-electron chi connectivity index (χ4n) is 3.77. The highest BCUT2D eigenvalue weighted by molar-refractivity contribution is 7.07. The van der Waals surface area contributed by atoms with Crippen molar-refractivity contribution in [1.82, 2.24) is 9.55 Å². The Morgan fingerprint density at radius 2 is 1.67 bits per heavy atom. The lowest BCUT2D eigenvalue weighted by atomic mass is 10.1. The van der Waals surface area contributed by atoms with E-state index in [1.165, 1.54) is 33.3 Å². The summed E-state index contributed by atoms with van der Waals surface area (Å²) in [4.78, 5) is 9.38. The molecule has 3 nitrogen and oxygen atoms in total. The second-order valence-electron chi connectivity index (χ2n) is 7.48. The van der Waals surface area contributed by atoms with E-state index in [0.717, 1.165) is 23.5 Å². The normalized spacial score (nSPS) is 12.0. The number of benzene rings is 3. The average molecular weight is 410 g/mol. The SMILES string of the molecule is Cc1ccc(N=c2scc(-c3ccccc3)n2CCc2c[nH]c3ccccc23)cc1. The van der Waals surface area contributed by atoms with Crippen molar-refractivity contribution in [3.8, 4) is 11.3 Å². The second-order valence-corrected chi connectivity index (χ2v) is 8.31. The maximum atomic E-state index is 4.96. The summed E-state index contributed by atoms with van der Waals surface area (Å²) < 4.78 is 2.35. The molecule has 0 atom stereocenters. The van der Waals surface area contributed by atoms with Crippen LogP contribution in [0.5, 0.6) is 0 Å². The number of aryl methyl sites for hydroxylation is 2. The number of aromatic amines is 1. The fraction of sp³-hybridized carbons (Fsp3) is 0.115. The van der Waals surface area contributed by atoms with Crippen LogP contribution in [0.4, 0.5) is 5.69 Å². The van der Waals surface area contributed by atoms with E-state index in [-0.39, 0.29) is 0 Å². The highest BCUT2D eigenvalue weighted by Gasteiger charge is 2.10. The van der Waals surface area contributed by atoms with Gasteiger partial charge in [0.05, 0.1) is 11.4 Å². The van der Waals surface area contributed by atoms with Gasteiger partial charge in [0.1, 0.15) is 0 Å². The molecule has 1 N–H and O–H groups in total. The molecule has 0 radical (unpaired) electrons. The van der Waals surface area contributed by atoms with E-state index < -0.39 is 0 Å². The van der Waals surface area contributed by atoms with Crippen LogP contribution in [0.2, 0.25) is 0 Å². The number of hydrogen-bond acceptors (Lipinski definition) is 2. The number of nitrogens with zero attached hydrogens (tertiary/aromatic N) is 2. The third kappa shape index (κ3) is 3.74. The van der Waals surface area contributed by atoms with E-state index in [1.807, 2.05) is 0 Å². The van der Waals surface area contributed by atoms with Crippen LogP contribution in [0.3, 0.4) is 0 Å². The summed E-state index contributed by atoms with van der Waals surface area (Å²) in [7, 11) is 0. The molecular formula is C26H23N3S. The van der Waals surface area contributed by atoms with Gasteiger partial charge in [-0.3, -0.25) is 0 Å². The van der Waals surface area contributed by atoms with E-state index in [4.69, 9.17) is 4.99 Å². The van der Waals surface area contributed by atoms with Gasteiger partial charge in [0, 0.05) is 29.0 Å². The summed E-state index contributed by atoms with van der Waals surface area (Å²) in [5, 5.41) is 3.52. The fourth-order valence-corrected chi connectivity index (χ4v) is 4.73. The number of fused-ring (bicyclic) bond motifs is 1. The van der Waals surface area contributed by atoms with Crippen molar-refractivity contribution in [3.63, 3.8) is 0 Å². The minimum Gasteiger partial charge on any atom is -0.361 e. The molecule has 5 rings (SSSR count). The molecule has 3 aromatic carbocycles. The number of para-hydroxylation sites is 1. The molecule has 148 valence electrons. The summed E-state index contributed by atoms with van der Waals surface area (Å²) in [5.41, 5.74) is 7.20. The van der Waals surface area contributed by atoms with Crippen LogP contribution in [0, 0.1) is 6.92 Å². The Morgan fingerprint density at radius 1 is 0.900 bits per heavy atom. The number of hydrogen-bond donors (Lipinski definition) is 1. The van der Waals surface area contributed by atoms with Crippen molar-refractivity contribution in [2.45, 2.75) is 19.9 Å². The van der Waals surface area contributed by atoms with Crippen molar-refractivity contribution in [3.05, 3.63) is 106 Å². The van der Waals surface area contributed by atoms with Crippen LogP contribution in [0.15, 0.2) is 95.4 Å². The standard InChI is InChI=1S/C26H23N3S/c1-19-11-13-22(14-12-19)28-26-29(25(18-30-26)20-7-3-2-4-8-20)16-15-21-17-27-24-10-6-5-9-23(21)24/h2-14,17-18,27H,15-16H2,1H3. The van der Waals surface area contributed by atoms with Crippen LogP contribution >= 0.6 is 11.3 Å². The molecule has 2 heterocycles. The Bertz CT molecular complexity index is 1340. The zero-order chi connectivity index (χ0) is 20.3. The largest absolute Gasteiger partial charge is 0.361 e. The molecule has 0 spiro atoms. The van der Waals surface area contributed by atoms with Gasteiger partial charge in [0.2, 0.25) is 0 Å². The third-order valence-corrected chi connectivity index (χ3v) is 6.27. The first-order valence-electron chi connectivity index (χ1n) is 10.2. The molecule has 0 saturated heterocycles. The first-order valence-corrected chi connectivity index (χ1v) is 11.1. The van der Waals surface area contributed by atoms with Crippen molar-refractivity contribution < 1.29 is 0 Å². The predicted octanol–water partition coefficient (Wildman–Crippen LogP) is 6.48. The lowest BCUT2D eigenvalue weighted by molar-refractivity contribution is 0.686. The number of H-pyrrole nitrogens is 1. The predicted molar refractivity (Wildman–Crippen MR) is 126 cm³/mol. The van der Waals surface area contributed by atoms with E-state index in [2.05, 4.69) is 107 Å². The molecule has 5 aromatic rings. The Hall–Kier alpha value is -3.37. The van der Waals surface area contributed by atoms with Gasteiger partial charge >= 0.3 is 0 Å². The van der Waals surface area contributed by atoms with Gasteiger partial charge in [0.25, 0.3) is 0 Å². The third-order valence-electron chi connectivity index (χ3n) is 5.41. The molecule has 30 heavy (non-hydrogen) atoms. The van der Waals surface area contributed by atoms with Crippen molar-refractivity contribution in [1.29, 1.82) is 0 Å². The number of nitrogens with one attached hydrogen (secondary N) is 1.